The predicted octanol–water partition coefficient (Wildman–Crippen LogP) is 2.40. The molecule has 1 aromatic carbocycles. The molecule has 0 aromatic heterocycles. The van der Waals surface area contributed by atoms with E-state index in [2.05, 4.69) is 10.6 Å². The highest BCUT2D eigenvalue weighted by Crippen LogP contribution is 2.26. The van der Waals surface area contributed by atoms with Crippen molar-refractivity contribution in [1.82, 2.24) is 5.32 Å². The van der Waals surface area contributed by atoms with Gasteiger partial charge in [-0.2, -0.15) is 11.8 Å². The van der Waals surface area contributed by atoms with E-state index in [0.717, 1.165) is 30.4 Å². The SMILES string of the molecule is CNc1cc(C(=O)NC2CCSCC2)c([N+](=O)[O-])cc1F. The molecular weight excluding hydrogens is 297 g/mol. The smallest absolute Gasteiger partial charge is 0.285 e. The zero-order chi connectivity index (χ0) is 15.4. The van der Waals surface area contributed by atoms with Crippen LogP contribution in [0.25, 0.3) is 0 Å². The van der Waals surface area contributed by atoms with E-state index < -0.39 is 22.3 Å². The van der Waals surface area contributed by atoms with Gasteiger partial charge in [-0.05, 0) is 30.4 Å². The second-order valence-corrected chi connectivity index (χ2v) is 5.94. The zero-order valence-electron chi connectivity index (χ0n) is 11.5. The number of halogens is 1. The van der Waals surface area contributed by atoms with Gasteiger partial charge < -0.3 is 10.6 Å². The maximum Gasteiger partial charge on any atom is 0.285 e. The number of rotatable bonds is 4. The van der Waals surface area contributed by atoms with E-state index in [0.29, 0.717) is 0 Å². The van der Waals surface area contributed by atoms with Gasteiger partial charge in [0.25, 0.3) is 11.6 Å². The van der Waals surface area contributed by atoms with Crippen molar-refractivity contribution in [3.05, 3.63) is 33.6 Å². The quantitative estimate of drug-likeness (QED) is 0.658. The summed E-state index contributed by atoms with van der Waals surface area (Å²) < 4.78 is 13.6. The van der Waals surface area contributed by atoms with E-state index in [4.69, 9.17) is 0 Å². The van der Waals surface area contributed by atoms with E-state index >= 15 is 0 Å². The van der Waals surface area contributed by atoms with Gasteiger partial charge in [-0.3, -0.25) is 14.9 Å². The normalized spacial score (nSPS) is 15.5. The van der Waals surface area contributed by atoms with Crippen LogP contribution in [0.4, 0.5) is 15.8 Å². The number of amides is 1. The standard InChI is InChI=1S/C13H16FN3O3S/c1-15-11-6-9(12(17(19)20)7-10(11)14)13(18)16-8-2-4-21-5-3-8/h6-8,15H,2-5H2,1H3,(H,16,18). The molecule has 1 saturated heterocycles. The Bertz CT molecular complexity index is 562. The van der Waals surface area contributed by atoms with Gasteiger partial charge in [0, 0.05) is 13.1 Å². The molecule has 8 heteroatoms. The molecule has 0 unspecified atom stereocenters. The van der Waals surface area contributed by atoms with Crippen molar-refractivity contribution in [2.24, 2.45) is 0 Å². The molecule has 0 aliphatic carbocycles. The summed E-state index contributed by atoms with van der Waals surface area (Å²) in [4.78, 5) is 22.5. The molecule has 2 rings (SSSR count). The number of benzene rings is 1. The van der Waals surface area contributed by atoms with Crippen LogP contribution in [0, 0.1) is 15.9 Å². The van der Waals surface area contributed by atoms with Crippen molar-refractivity contribution in [1.29, 1.82) is 0 Å². The Hall–Kier alpha value is -1.83. The molecule has 1 aliphatic rings. The summed E-state index contributed by atoms with van der Waals surface area (Å²) in [5.74, 6) is 0.626. The Morgan fingerprint density at radius 2 is 2.10 bits per heavy atom. The molecule has 1 aliphatic heterocycles. The van der Waals surface area contributed by atoms with Gasteiger partial charge in [0.1, 0.15) is 5.56 Å². The van der Waals surface area contributed by atoms with Gasteiger partial charge in [-0.25, -0.2) is 4.39 Å². The average molecular weight is 313 g/mol. The summed E-state index contributed by atoms with van der Waals surface area (Å²) in [5, 5.41) is 16.4. The second kappa shape index (κ2) is 6.75. The molecule has 0 atom stereocenters. The first-order valence-corrected chi connectivity index (χ1v) is 7.72. The maximum atomic E-state index is 13.6. The number of hydrogen-bond acceptors (Lipinski definition) is 5. The maximum absolute atomic E-state index is 13.6. The first kappa shape index (κ1) is 15.6. The Balaban J connectivity index is 2.27. The molecule has 1 fully saturated rings. The van der Waals surface area contributed by atoms with Crippen molar-refractivity contribution in [2.45, 2.75) is 18.9 Å². The second-order valence-electron chi connectivity index (χ2n) is 4.72. The van der Waals surface area contributed by atoms with Crippen LogP contribution in [-0.4, -0.2) is 35.4 Å². The van der Waals surface area contributed by atoms with Crippen molar-refractivity contribution in [3.8, 4) is 0 Å². The molecule has 1 aromatic rings. The lowest BCUT2D eigenvalue weighted by Crippen LogP contribution is -2.37. The third-order valence-electron chi connectivity index (χ3n) is 3.35. The number of thioether (sulfide) groups is 1. The van der Waals surface area contributed by atoms with Crippen molar-refractivity contribution in [3.63, 3.8) is 0 Å². The minimum absolute atomic E-state index is 0.0152. The molecule has 0 bridgehead atoms. The molecule has 1 heterocycles. The van der Waals surface area contributed by atoms with Crippen LogP contribution in [0.1, 0.15) is 23.2 Å². The lowest BCUT2D eigenvalue weighted by molar-refractivity contribution is -0.385. The van der Waals surface area contributed by atoms with Crippen molar-refractivity contribution < 1.29 is 14.1 Å². The molecule has 0 radical (unpaired) electrons. The van der Waals surface area contributed by atoms with Crippen LogP contribution in [0.3, 0.4) is 0 Å². The van der Waals surface area contributed by atoms with E-state index in [1.54, 1.807) is 0 Å². The Morgan fingerprint density at radius 1 is 1.43 bits per heavy atom. The van der Waals surface area contributed by atoms with Crippen molar-refractivity contribution in [2.75, 3.05) is 23.9 Å². The number of anilines is 1. The Kier molecular flexibility index (Phi) is 5.00. The first-order valence-electron chi connectivity index (χ1n) is 6.57. The lowest BCUT2D eigenvalue weighted by atomic mass is 10.1. The lowest BCUT2D eigenvalue weighted by Gasteiger charge is -2.22. The summed E-state index contributed by atoms with van der Waals surface area (Å²) in [6, 6.07) is 1.97. The number of nitrogens with zero attached hydrogens (tertiary/aromatic N) is 1. The van der Waals surface area contributed by atoms with Crippen LogP contribution in [0.5, 0.6) is 0 Å². The van der Waals surface area contributed by atoms with E-state index in [9.17, 15) is 19.3 Å². The summed E-state index contributed by atoms with van der Waals surface area (Å²) in [6.45, 7) is 0. The van der Waals surface area contributed by atoms with Gasteiger partial charge in [0.15, 0.2) is 5.82 Å². The minimum atomic E-state index is -0.755. The molecular formula is C13H16FN3O3S. The number of carbonyl (C=O) groups excluding carboxylic acids is 1. The van der Waals surface area contributed by atoms with E-state index in [1.807, 2.05) is 11.8 Å². The zero-order valence-corrected chi connectivity index (χ0v) is 12.3. The van der Waals surface area contributed by atoms with Crippen LogP contribution >= 0.6 is 11.8 Å². The number of nitro groups is 1. The molecule has 114 valence electrons. The molecule has 21 heavy (non-hydrogen) atoms. The predicted molar refractivity (Wildman–Crippen MR) is 80.4 cm³/mol. The fourth-order valence-electron chi connectivity index (χ4n) is 2.19. The van der Waals surface area contributed by atoms with Crippen LogP contribution in [0.2, 0.25) is 0 Å². The summed E-state index contributed by atoms with van der Waals surface area (Å²) in [7, 11) is 1.49. The topological polar surface area (TPSA) is 84.3 Å². The third-order valence-corrected chi connectivity index (χ3v) is 4.40. The molecule has 6 nitrogen and oxygen atoms in total. The highest BCUT2D eigenvalue weighted by Gasteiger charge is 2.25. The minimum Gasteiger partial charge on any atom is -0.386 e. The number of nitro benzene ring substituents is 1. The first-order chi connectivity index (χ1) is 10.0. The van der Waals surface area contributed by atoms with E-state index in [1.165, 1.54) is 13.1 Å². The highest BCUT2D eigenvalue weighted by molar-refractivity contribution is 7.99. The Morgan fingerprint density at radius 3 is 2.67 bits per heavy atom. The van der Waals surface area contributed by atoms with Gasteiger partial charge in [0.2, 0.25) is 0 Å². The van der Waals surface area contributed by atoms with Crippen LogP contribution in [0.15, 0.2) is 12.1 Å². The average Bonchev–Trinajstić information content (AvgIpc) is 2.47. The van der Waals surface area contributed by atoms with Gasteiger partial charge in [-0.15, -0.1) is 0 Å². The molecule has 0 saturated carbocycles. The van der Waals surface area contributed by atoms with E-state index in [-0.39, 0.29) is 17.3 Å². The fraction of sp³-hybridized carbons (Fsp3) is 0.462. The largest absolute Gasteiger partial charge is 0.386 e. The number of carbonyl (C=O) groups is 1. The fourth-order valence-corrected chi connectivity index (χ4v) is 3.30. The Labute approximate surface area is 125 Å². The van der Waals surface area contributed by atoms with Gasteiger partial charge >= 0.3 is 0 Å². The molecule has 2 N–H and O–H groups in total. The molecule has 0 spiro atoms. The number of nitrogens with one attached hydrogen (secondary N) is 2. The summed E-state index contributed by atoms with van der Waals surface area (Å²) >= 11 is 1.82. The highest BCUT2D eigenvalue weighted by atomic mass is 32.2. The van der Waals surface area contributed by atoms with Crippen LogP contribution in [-0.2, 0) is 0 Å². The van der Waals surface area contributed by atoms with Crippen molar-refractivity contribution >= 4 is 29.0 Å². The summed E-state index contributed by atoms with van der Waals surface area (Å²) in [6.07, 6.45) is 1.68. The van der Waals surface area contributed by atoms with Gasteiger partial charge in [0.05, 0.1) is 16.7 Å². The molecule has 1 amide bonds. The monoisotopic (exact) mass is 313 g/mol. The number of hydrogen-bond donors (Lipinski definition) is 2. The van der Waals surface area contributed by atoms with Gasteiger partial charge in [-0.1, -0.05) is 0 Å². The summed E-state index contributed by atoms with van der Waals surface area (Å²) in [5.41, 5.74) is -0.580. The third kappa shape index (κ3) is 3.63. The van der Waals surface area contributed by atoms with Crippen LogP contribution < -0.4 is 10.6 Å².